The van der Waals surface area contributed by atoms with E-state index in [-0.39, 0.29) is 6.09 Å². The minimum absolute atomic E-state index is 0.200. The third-order valence-electron chi connectivity index (χ3n) is 6.58. The molecule has 1 saturated carbocycles. The summed E-state index contributed by atoms with van der Waals surface area (Å²) in [5.41, 5.74) is -0.115. The van der Waals surface area contributed by atoms with Crippen LogP contribution in [0.5, 0.6) is 0 Å². The fourth-order valence-corrected chi connectivity index (χ4v) is 4.45. The molecule has 0 aromatic rings. The fourth-order valence-electron chi connectivity index (χ4n) is 4.45. The average molecular weight is 439 g/mol. The van der Waals surface area contributed by atoms with Crippen molar-refractivity contribution < 1.29 is 14.3 Å². The quantitative estimate of drug-likeness (QED) is 0.433. The number of carbonyl (C=O) groups is 1. The van der Waals surface area contributed by atoms with Crippen LogP contribution in [0.25, 0.3) is 0 Å². The van der Waals surface area contributed by atoms with Gasteiger partial charge in [-0.2, -0.15) is 0 Å². The highest BCUT2D eigenvalue weighted by molar-refractivity contribution is 5.80. The maximum atomic E-state index is 12.5. The Kier molecular flexibility index (Phi) is 9.91. The van der Waals surface area contributed by atoms with Gasteiger partial charge in [-0.25, -0.2) is 4.79 Å². The van der Waals surface area contributed by atoms with Crippen molar-refractivity contribution in [2.75, 3.05) is 53.0 Å². The molecule has 1 N–H and O–H groups in total. The summed E-state index contributed by atoms with van der Waals surface area (Å²) in [6.07, 6.45) is 6.88. The molecule has 1 aliphatic heterocycles. The average Bonchev–Trinajstić information content (AvgIpc) is 2.69. The van der Waals surface area contributed by atoms with Crippen molar-refractivity contribution in [3.05, 3.63) is 0 Å². The Balaban J connectivity index is 1.88. The van der Waals surface area contributed by atoms with E-state index < -0.39 is 5.60 Å². The van der Waals surface area contributed by atoms with E-state index >= 15 is 0 Å². The topological polar surface area (TPSA) is 66.4 Å². The standard InChI is InChI=1S/C24H46N4O3/c1-7-25-21(26-19-24(12-9-13-24)14-17-30-6)28-15-10-20(11-16-28)18-27(8-2)22(29)31-23(3,4)5/h20H,7-19H2,1-6H3,(H,25,26). The third-order valence-corrected chi connectivity index (χ3v) is 6.58. The van der Waals surface area contributed by atoms with Crippen LogP contribution < -0.4 is 5.32 Å². The van der Waals surface area contributed by atoms with Crippen molar-refractivity contribution in [1.29, 1.82) is 0 Å². The van der Waals surface area contributed by atoms with Gasteiger partial charge in [-0.05, 0) is 78.1 Å². The molecule has 1 amide bonds. The number of nitrogens with one attached hydrogen (secondary N) is 1. The second kappa shape index (κ2) is 11.9. The number of amides is 1. The molecule has 0 unspecified atom stereocenters. The summed E-state index contributed by atoms with van der Waals surface area (Å²) in [7, 11) is 1.78. The van der Waals surface area contributed by atoms with Gasteiger partial charge in [-0.1, -0.05) is 6.42 Å². The predicted molar refractivity (Wildman–Crippen MR) is 127 cm³/mol. The molecule has 7 nitrogen and oxygen atoms in total. The lowest BCUT2D eigenvalue weighted by molar-refractivity contribution is 0.0214. The molecule has 31 heavy (non-hydrogen) atoms. The monoisotopic (exact) mass is 438 g/mol. The van der Waals surface area contributed by atoms with Crippen molar-refractivity contribution in [1.82, 2.24) is 15.1 Å². The van der Waals surface area contributed by atoms with E-state index in [1.54, 1.807) is 7.11 Å². The summed E-state index contributed by atoms with van der Waals surface area (Å²) in [5.74, 6) is 1.55. The molecule has 0 aromatic heterocycles. The van der Waals surface area contributed by atoms with Gasteiger partial charge >= 0.3 is 6.09 Å². The zero-order valence-electron chi connectivity index (χ0n) is 20.8. The van der Waals surface area contributed by atoms with E-state index in [2.05, 4.69) is 17.1 Å². The smallest absolute Gasteiger partial charge is 0.410 e. The largest absolute Gasteiger partial charge is 0.444 e. The highest BCUT2D eigenvalue weighted by atomic mass is 16.6. The number of guanidine groups is 1. The van der Waals surface area contributed by atoms with Crippen LogP contribution in [0.15, 0.2) is 4.99 Å². The van der Waals surface area contributed by atoms with Gasteiger partial charge in [0, 0.05) is 53.0 Å². The molecular formula is C24H46N4O3. The van der Waals surface area contributed by atoms with E-state index in [1.165, 1.54) is 19.3 Å². The summed E-state index contributed by atoms with van der Waals surface area (Å²) in [4.78, 5) is 21.8. The number of methoxy groups -OCH3 is 1. The molecule has 1 aliphatic carbocycles. The van der Waals surface area contributed by atoms with Crippen molar-refractivity contribution >= 4 is 12.1 Å². The zero-order chi connectivity index (χ0) is 22.9. The fraction of sp³-hybridized carbons (Fsp3) is 0.917. The third kappa shape index (κ3) is 8.17. The summed E-state index contributed by atoms with van der Waals surface area (Å²) >= 11 is 0. The maximum Gasteiger partial charge on any atom is 0.410 e. The lowest BCUT2D eigenvalue weighted by atomic mass is 9.67. The van der Waals surface area contributed by atoms with Crippen LogP contribution in [0, 0.1) is 11.3 Å². The Labute approximate surface area is 189 Å². The Morgan fingerprint density at radius 2 is 1.90 bits per heavy atom. The van der Waals surface area contributed by atoms with Gasteiger partial charge in [0.05, 0.1) is 0 Å². The summed E-state index contributed by atoms with van der Waals surface area (Å²) < 4.78 is 10.9. The molecule has 2 aliphatic rings. The molecule has 1 heterocycles. The minimum Gasteiger partial charge on any atom is -0.444 e. The first-order chi connectivity index (χ1) is 14.7. The van der Waals surface area contributed by atoms with E-state index in [0.29, 0.717) is 17.9 Å². The molecule has 2 fully saturated rings. The van der Waals surface area contributed by atoms with Crippen LogP contribution in [0.4, 0.5) is 4.79 Å². The molecule has 180 valence electrons. The molecule has 0 atom stereocenters. The van der Waals surface area contributed by atoms with Gasteiger partial charge in [0.25, 0.3) is 0 Å². The lowest BCUT2D eigenvalue weighted by Crippen LogP contribution is -2.48. The Morgan fingerprint density at radius 1 is 1.23 bits per heavy atom. The highest BCUT2D eigenvalue weighted by Crippen LogP contribution is 2.44. The van der Waals surface area contributed by atoms with E-state index in [1.807, 2.05) is 32.6 Å². The van der Waals surface area contributed by atoms with Gasteiger partial charge in [0.2, 0.25) is 0 Å². The van der Waals surface area contributed by atoms with Gasteiger partial charge in [0.15, 0.2) is 5.96 Å². The van der Waals surface area contributed by atoms with E-state index in [4.69, 9.17) is 14.5 Å². The Morgan fingerprint density at radius 3 is 2.39 bits per heavy atom. The maximum absolute atomic E-state index is 12.5. The molecule has 0 aromatic carbocycles. The van der Waals surface area contributed by atoms with Gasteiger partial charge in [0.1, 0.15) is 5.60 Å². The van der Waals surface area contributed by atoms with Crippen LogP contribution in [0.3, 0.4) is 0 Å². The molecule has 0 bridgehead atoms. The first-order valence-corrected chi connectivity index (χ1v) is 12.2. The molecule has 0 radical (unpaired) electrons. The zero-order valence-corrected chi connectivity index (χ0v) is 20.8. The number of hydrogen-bond acceptors (Lipinski definition) is 4. The molecule has 0 spiro atoms. The van der Waals surface area contributed by atoms with Gasteiger partial charge in [-0.15, -0.1) is 0 Å². The second-order valence-corrected chi connectivity index (χ2v) is 10.2. The number of aliphatic imine (C=N–C) groups is 1. The first kappa shape index (κ1) is 25.8. The van der Waals surface area contributed by atoms with E-state index in [0.717, 1.165) is 64.6 Å². The Bertz CT molecular complexity index is 576. The number of hydrogen-bond donors (Lipinski definition) is 1. The van der Waals surface area contributed by atoms with Crippen LogP contribution in [-0.4, -0.2) is 80.4 Å². The molecular weight excluding hydrogens is 392 g/mol. The number of ether oxygens (including phenoxy) is 2. The minimum atomic E-state index is -0.452. The van der Waals surface area contributed by atoms with Crippen LogP contribution in [0.1, 0.15) is 73.1 Å². The van der Waals surface area contributed by atoms with Crippen molar-refractivity contribution in [3.8, 4) is 0 Å². The lowest BCUT2D eigenvalue weighted by Gasteiger charge is -2.41. The molecule has 7 heteroatoms. The summed E-state index contributed by atoms with van der Waals surface area (Å²) in [6, 6.07) is 0. The molecule has 2 rings (SSSR count). The number of likely N-dealkylation sites (tertiary alicyclic amines) is 1. The van der Waals surface area contributed by atoms with Gasteiger partial charge < -0.3 is 24.6 Å². The van der Waals surface area contributed by atoms with Crippen molar-refractivity contribution in [2.24, 2.45) is 16.3 Å². The first-order valence-electron chi connectivity index (χ1n) is 12.2. The van der Waals surface area contributed by atoms with Crippen LogP contribution in [0.2, 0.25) is 0 Å². The van der Waals surface area contributed by atoms with Crippen LogP contribution >= 0.6 is 0 Å². The predicted octanol–water partition coefficient (Wildman–Crippen LogP) is 4.13. The Hall–Kier alpha value is -1.50. The number of rotatable bonds is 9. The second-order valence-electron chi connectivity index (χ2n) is 10.2. The van der Waals surface area contributed by atoms with Crippen LogP contribution in [-0.2, 0) is 9.47 Å². The normalized spacial score (nSPS) is 19.7. The highest BCUT2D eigenvalue weighted by Gasteiger charge is 2.36. The number of nitrogens with zero attached hydrogens (tertiary/aromatic N) is 3. The van der Waals surface area contributed by atoms with E-state index in [9.17, 15) is 4.79 Å². The SMILES string of the molecule is CCNC(=NCC1(CCOC)CCC1)N1CCC(CN(CC)C(=O)OC(C)(C)C)CC1. The van der Waals surface area contributed by atoms with Crippen molar-refractivity contribution in [2.45, 2.75) is 78.7 Å². The summed E-state index contributed by atoms with van der Waals surface area (Å²) in [6.45, 7) is 15.9. The van der Waals surface area contributed by atoms with Gasteiger partial charge in [-0.3, -0.25) is 4.99 Å². The molecule has 1 saturated heterocycles. The summed E-state index contributed by atoms with van der Waals surface area (Å²) in [5, 5.41) is 3.50. The van der Waals surface area contributed by atoms with Crippen molar-refractivity contribution in [3.63, 3.8) is 0 Å². The number of piperidine rings is 1. The number of carbonyl (C=O) groups excluding carboxylic acids is 1.